The van der Waals surface area contributed by atoms with E-state index in [0.29, 0.717) is 5.69 Å². The first kappa shape index (κ1) is 21.0. The van der Waals surface area contributed by atoms with Crippen molar-refractivity contribution in [1.29, 1.82) is 0 Å². The highest BCUT2D eigenvalue weighted by molar-refractivity contribution is 7.99. The maximum atomic E-state index is 12.4. The molecule has 0 saturated carbocycles. The summed E-state index contributed by atoms with van der Waals surface area (Å²) in [6.45, 7) is 10.2. The molecule has 0 bridgehead atoms. The smallest absolute Gasteiger partial charge is 0.313 e. The van der Waals surface area contributed by atoms with Crippen LogP contribution in [0.1, 0.15) is 41.0 Å². The van der Waals surface area contributed by atoms with E-state index in [1.165, 1.54) is 0 Å². The van der Waals surface area contributed by atoms with Gasteiger partial charge in [-0.1, -0.05) is 62.9 Å². The van der Waals surface area contributed by atoms with Crippen molar-refractivity contribution in [1.82, 2.24) is 5.32 Å². The first-order valence-corrected chi connectivity index (χ1v) is 9.83. The zero-order valence-electron chi connectivity index (χ0n) is 16.6. The van der Waals surface area contributed by atoms with E-state index in [1.54, 1.807) is 17.8 Å². The van der Waals surface area contributed by atoms with Crippen molar-refractivity contribution >= 4 is 29.3 Å². The number of amides is 2. The highest BCUT2D eigenvalue weighted by atomic mass is 32.2. The number of carbonyl (C=O) groups excluding carboxylic acids is 2. The molecule has 0 saturated heterocycles. The van der Waals surface area contributed by atoms with Gasteiger partial charge in [-0.25, -0.2) is 0 Å². The number of anilines is 1. The van der Waals surface area contributed by atoms with Crippen LogP contribution in [0.2, 0.25) is 0 Å². The van der Waals surface area contributed by atoms with E-state index in [0.717, 1.165) is 16.2 Å². The second-order valence-electron chi connectivity index (χ2n) is 8.44. The zero-order valence-corrected chi connectivity index (χ0v) is 17.4. The average molecular weight is 385 g/mol. The van der Waals surface area contributed by atoms with E-state index in [2.05, 4.69) is 31.4 Å². The fourth-order valence-electron chi connectivity index (χ4n) is 3.19. The largest absolute Gasteiger partial charge is 0.343 e. The Labute approximate surface area is 166 Å². The van der Waals surface area contributed by atoms with E-state index < -0.39 is 17.4 Å². The molecule has 0 fully saturated rings. The lowest BCUT2D eigenvalue weighted by Gasteiger charge is -2.33. The lowest BCUT2D eigenvalue weighted by Crippen LogP contribution is -2.49. The van der Waals surface area contributed by atoms with Gasteiger partial charge in [0.05, 0.1) is 5.69 Å². The summed E-state index contributed by atoms with van der Waals surface area (Å²) in [7, 11) is 0. The highest BCUT2D eigenvalue weighted by Gasteiger charge is 2.29. The number of hydrogen-bond acceptors (Lipinski definition) is 3. The Morgan fingerprint density at radius 2 is 1.44 bits per heavy atom. The summed E-state index contributed by atoms with van der Waals surface area (Å²) in [5.41, 5.74) is 0.206. The Bertz CT molecular complexity index is 795. The van der Waals surface area contributed by atoms with Crippen molar-refractivity contribution in [3.8, 4) is 0 Å². The van der Waals surface area contributed by atoms with Crippen molar-refractivity contribution in [2.24, 2.45) is 5.41 Å². The van der Waals surface area contributed by atoms with Crippen molar-refractivity contribution in [2.75, 3.05) is 5.32 Å². The fraction of sp³-hybridized carbons (Fsp3) is 0.364. The van der Waals surface area contributed by atoms with Crippen molar-refractivity contribution < 1.29 is 9.59 Å². The summed E-state index contributed by atoms with van der Waals surface area (Å²) in [6.07, 6.45) is 0.763. The van der Waals surface area contributed by atoms with Gasteiger partial charge in [0.15, 0.2) is 0 Å². The normalized spacial score (nSPS) is 11.7. The van der Waals surface area contributed by atoms with E-state index in [1.807, 2.05) is 62.4 Å². The predicted molar refractivity (Wildman–Crippen MR) is 112 cm³/mol. The molecule has 2 N–H and O–H groups in total. The van der Waals surface area contributed by atoms with Crippen LogP contribution >= 0.6 is 11.8 Å². The molecule has 0 aromatic heterocycles. The molecule has 0 aliphatic rings. The van der Waals surface area contributed by atoms with E-state index in [-0.39, 0.29) is 5.41 Å². The van der Waals surface area contributed by atoms with Gasteiger partial charge in [0.1, 0.15) is 0 Å². The molecule has 0 radical (unpaired) electrons. The summed E-state index contributed by atoms with van der Waals surface area (Å²) in [5, 5.41) is 5.59. The second kappa shape index (κ2) is 8.61. The van der Waals surface area contributed by atoms with E-state index >= 15 is 0 Å². The lowest BCUT2D eigenvalue weighted by molar-refractivity contribution is -0.137. The fourth-order valence-corrected chi connectivity index (χ4v) is 4.11. The Morgan fingerprint density at radius 3 is 2.07 bits per heavy atom. The number of hydrogen-bond donors (Lipinski definition) is 2. The minimum atomic E-state index is -0.655. The molecule has 27 heavy (non-hydrogen) atoms. The van der Waals surface area contributed by atoms with Crippen molar-refractivity contribution in [2.45, 2.75) is 56.4 Å². The van der Waals surface area contributed by atoms with Gasteiger partial charge >= 0.3 is 11.8 Å². The van der Waals surface area contributed by atoms with Gasteiger partial charge in [0.25, 0.3) is 0 Å². The number of para-hydroxylation sites is 1. The molecular weight excluding hydrogens is 356 g/mol. The van der Waals surface area contributed by atoms with Crippen molar-refractivity contribution in [3.05, 3.63) is 54.6 Å². The van der Waals surface area contributed by atoms with Gasteiger partial charge in [-0.15, -0.1) is 0 Å². The van der Waals surface area contributed by atoms with Crippen LogP contribution in [-0.4, -0.2) is 17.4 Å². The maximum Gasteiger partial charge on any atom is 0.313 e. The number of nitrogens with one attached hydrogen (secondary N) is 2. The Hall–Kier alpha value is -2.27. The van der Waals surface area contributed by atoms with Crippen LogP contribution in [0.15, 0.2) is 64.4 Å². The molecule has 0 aliphatic carbocycles. The van der Waals surface area contributed by atoms with Gasteiger partial charge in [-0.3, -0.25) is 9.59 Å². The summed E-state index contributed by atoms with van der Waals surface area (Å²) >= 11 is 1.54. The van der Waals surface area contributed by atoms with Gasteiger partial charge < -0.3 is 10.6 Å². The summed E-state index contributed by atoms with van der Waals surface area (Å²) in [5.74, 6) is -1.28. The molecule has 0 atom stereocenters. The molecule has 5 heteroatoms. The Balaban J connectivity index is 2.06. The third-order valence-corrected chi connectivity index (χ3v) is 4.82. The molecule has 0 aliphatic heterocycles. The van der Waals surface area contributed by atoms with E-state index in [4.69, 9.17) is 0 Å². The SMILES string of the molecule is CC(C)(C)CC(C)(C)NC(=O)C(=O)Nc1ccccc1Sc1ccccc1. The summed E-state index contributed by atoms with van der Waals surface area (Å²) < 4.78 is 0. The minimum Gasteiger partial charge on any atom is -0.343 e. The molecule has 2 aromatic carbocycles. The van der Waals surface area contributed by atoms with Crippen LogP contribution in [0.5, 0.6) is 0 Å². The first-order valence-electron chi connectivity index (χ1n) is 9.01. The molecule has 0 unspecified atom stereocenters. The zero-order chi connectivity index (χ0) is 20.1. The van der Waals surface area contributed by atoms with Crippen LogP contribution in [-0.2, 0) is 9.59 Å². The predicted octanol–water partition coefficient (Wildman–Crippen LogP) is 5.11. The first-order chi connectivity index (χ1) is 12.6. The lowest BCUT2D eigenvalue weighted by atomic mass is 9.82. The molecular formula is C22H28N2O2S. The topological polar surface area (TPSA) is 58.2 Å². The maximum absolute atomic E-state index is 12.4. The van der Waals surface area contributed by atoms with Crippen LogP contribution < -0.4 is 10.6 Å². The molecule has 2 rings (SSSR count). The Morgan fingerprint density at radius 1 is 0.852 bits per heavy atom. The number of carbonyl (C=O) groups is 2. The number of rotatable bonds is 5. The molecule has 2 amide bonds. The molecule has 144 valence electrons. The molecule has 0 heterocycles. The average Bonchev–Trinajstić information content (AvgIpc) is 2.54. The van der Waals surface area contributed by atoms with Crippen LogP contribution in [0.4, 0.5) is 5.69 Å². The molecule has 4 nitrogen and oxygen atoms in total. The van der Waals surface area contributed by atoms with Gasteiger partial charge in [-0.2, -0.15) is 0 Å². The van der Waals surface area contributed by atoms with Gasteiger partial charge in [-0.05, 0) is 49.9 Å². The summed E-state index contributed by atoms with van der Waals surface area (Å²) in [6, 6.07) is 17.4. The molecule has 2 aromatic rings. The second-order valence-corrected chi connectivity index (χ2v) is 9.56. The van der Waals surface area contributed by atoms with Crippen LogP contribution in [0.25, 0.3) is 0 Å². The van der Waals surface area contributed by atoms with Gasteiger partial charge in [0.2, 0.25) is 0 Å². The highest BCUT2D eigenvalue weighted by Crippen LogP contribution is 2.33. The Kier molecular flexibility index (Phi) is 6.71. The third kappa shape index (κ3) is 7.10. The quantitative estimate of drug-likeness (QED) is 0.705. The number of benzene rings is 2. The van der Waals surface area contributed by atoms with Crippen LogP contribution in [0, 0.1) is 5.41 Å². The summed E-state index contributed by atoms with van der Waals surface area (Å²) in [4.78, 5) is 26.8. The minimum absolute atomic E-state index is 0.0478. The van der Waals surface area contributed by atoms with Crippen molar-refractivity contribution in [3.63, 3.8) is 0 Å². The van der Waals surface area contributed by atoms with Gasteiger partial charge in [0, 0.05) is 15.3 Å². The third-order valence-electron chi connectivity index (χ3n) is 3.74. The molecule has 0 spiro atoms. The van der Waals surface area contributed by atoms with E-state index in [9.17, 15) is 9.59 Å². The van der Waals surface area contributed by atoms with Crippen LogP contribution in [0.3, 0.4) is 0 Å². The standard InChI is InChI=1S/C22H28N2O2S/c1-21(2,3)15-22(4,5)24-20(26)19(25)23-17-13-9-10-14-18(17)27-16-11-7-6-8-12-16/h6-14H,15H2,1-5H3,(H,23,25)(H,24,26). The monoisotopic (exact) mass is 384 g/mol.